The monoisotopic (exact) mass is 362 g/mol. The van der Waals surface area contributed by atoms with Gasteiger partial charge < -0.3 is 4.90 Å². The van der Waals surface area contributed by atoms with Crippen LogP contribution < -0.4 is 4.90 Å². The third-order valence-electron chi connectivity index (χ3n) is 4.42. The maximum absolute atomic E-state index is 12.8. The second kappa shape index (κ2) is 6.97. The van der Waals surface area contributed by atoms with Crippen LogP contribution >= 0.6 is 0 Å². The summed E-state index contributed by atoms with van der Waals surface area (Å²) < 4.78 is 28.6. The fourth-order valence-corrected chi connectivity index (χ4v) is 4.13. The van der Waals surface area contributed by atoms with Crippen molar-refractivity contribution in [2.24, 2.45) is 0 Å². The van der Waals surface area contributed by atoms with E-state index in [9.17, 15) is 13.2 Å². The Kier molecular flexibility index (Phi) is 4.91. The molecule has 2 heterocycles. The van der Waals surface area contributed by atoms with E-state index >= 15 is 0 Å². The van der Waals surface area contributed by atoms with Gasteiger partial charge in [-0.3, -0.25) is 9.48 Å². The predicted molar refractivity (Wildman–Crippen MR) is 94.6 cm³/mol. The van der Waals surface area contributed by atoms with Crippen LogP contribution in [0.15, 0.2) is 41.4 Å². The first kappa shape index (κ1) is 17.6. The van der Waals surface area contributed by atoms with E-state index in [0.717, 1.165) is 17.8 Å². The van der Waals surface area contributed by atoms with Crippen LogP contribution in [0.5, 0.6) is 0 Å². The van der Waals surface area contributed by atoms with Gasteiger partial charge in [-0.05, 0) is 43.7 Å². The molecule has 2 aromatic rings. The normalized spacial score (nSPS) is 15.3. The number of hydrogen-bond donors (Lipinski definition) is 0. The first-order valence-electron chi connectivity index (χ1n) is 8.31. The quantitative estimate of drug-likeness (QED) is 0.786. The van der Waals surface area contributed by atoms with Gasteiger partial charge >= 0.3 is 0 Å². The molecule has 0 unspecified atom stereocenters. The van der Waals surface area contributed by atoms with Gasteiger partial charge in [-0.15, -0.1) is 0 Å². The van der Waals surface area contributed by atoms with E-state index < -0.39 is 10.0 Å². The number of carbonyl (C=O) groups excluding carboxylic acids is 1. The molecule has 0 spiro atoms. The number of aryl methyl sites for hydroxylation is 1. The number of nitrogens with zero attached hydrogens (tertiary/aromatic N) is 4. The predicted octanol–water partition coefficient (Wildman–Crippen LogP) is 1.85. The van der Waals surface area contributed by atoms with Crippen molar-refractivity contribution in [1.29, 1.82) is 0 Å². The average Bonchev–Trinajstić information content (AvgIpc) is 3.23. The first-order valence-corrected chi connectivity index (χ1v) is 9.75. The van der Waals surface area contributed by atoms with Gasteiger partial charge in [0.05, 0.1) is 17.1 Å². The van der Waals surface area contributed by atoms with Crippen LogP contribution in [0.3, 0.4) is 0 Å². The second-order valence-electron chi connectivity index (χ2n) is 6.04. The Morgan fingerprint density at radius 2 is 1.92 bits per heavy atom. The number of sulfonamides is 1. The van der Waals surface area contributed by atoms with E-state index in [-0.39, 0.29) is 17.3 Å². The highest BCUT2D eigenvalue weighted by Crippen LogP contribution is 2.24. The summed E-state index contributed by atoms with van der Waals surface area (Å²) in [5.41, 5.74) is 1.58. The number of hydrogen-bond acceptors (Lipinski definition) is 4. The average molecular weight is 362 g/mol. The van der Waals surface area contributed by atoms with Crippen molar-refractivity contribution in [1.82, 2.24) is 14.1 Å². The van der Waals surface area contributed by atoms with Crippen molar-refractivity contribution in [3.05, 3.63) is 42.2 Å². The molecule has 1 amide bonds. The van der Waals surface area contributed by atoms with Gasteiger partial charge in [0.25, 0.3) is 0 Å². The van der Waals surface area contributed by atoms with Crippen molar-refractivity contribution in [2.75, 3.05) is 18.5 Å². The summed E-state index contributed by atoms with van der Waals surface area (Å²) in [5.74, 6) is 0.0838. The minimum absolute atomic E-state index is 0.0838. The maximum atomic E-state index is 12.8. The smallest absolute Gasteiger partial charge is 0.243 e. The van der Waals surface area contributed by atoms with Crippen molar-refractivity contribution in [2.45, 2.75) is 37.8 Å². The Labute approximate surface area is 147 Å². The summed E-state index contributed by atoms with van der Waals surface area (Å²) in [5, 5.41) is 4.16. The van der Waals surface area contributed by atoms with Crippen LogP contribution in [0.4, 0.5) is 5.69 Å². The van der Waals surface area contributed by atoms with Crippen molar-refractivity contribution < 1.29 is 13.2 Å². The van der Waals surface area contributed by atoms with Crippen LogP contribution in [0, 0.1) is 0 Å². The number of benzene rings is 1. The van der Waals surface area contributed by atoms with Crippen LogP contribution in [0.1, 0.15) is 25.5 Å². The molecule has 1 aromatic carbocycles. The number of amides is 1. The van der Waals surface area contributed by atoms with Gasteiger partial charge in [0.15, 0.2) is 0 Å². The zero-order valence-electron chi connectivity index (χ0n) is 14.4. The molecule has 7 nitrogen and oxygen atoms in total. The van der Waals surface area contributed by atoms with Gasteiger partial charge in [0.1, 0.15) is 0 Å². The molecule has 0 N–H and O–H groups in total. The summed E-state index contributed by atoms with van der Waals surface area (Å²) in [7, 11) is -2.05. The molecule has 0 radical (unpaired) electrons. The minimum atomic E-state index is -3.61. The third kappa shape index (κ3) is 3.45. The SMILES string of the molecule is CCn1nccc1CN(C)S(=O)(=O)c1ccc(N2CCCC2=O)cc1. The number of rotatable bonds is 6. The fourth-order valence-electron chi connectivity index (χ4n) is 2.99. The number of carbonyl (C=O) groups is 1. The van der Waals surface area contributed by atoms with E-state index in [4.69, 9.17) is 0 Å². The van der Waals surface area contributed by atoms with Gasteiger partial charge in [0.2, 0.25) is 15.9 Å². The lowest BCUT2D eigenvalue weighted by Gasteiger charge is -2.19. The van der Waals surface area contributed by atoms with Gasteiger partial charge in [-0.2, -0.15) is 9.40 Å². The topological polar surface area (TPSA) is 75.5 Å². The van der Waals surface area contributed by atoms with E-state index in [1.54, 1.807) is 47.1 Å². The van der Waals surface area contributed by atoms with E-state index in [0.29, 0.717) is 19.5 Å². The Balaban J connectivity index is 1.78. The molecule has 0 aliphatic carbocycles. The third-order valence-corrected chi connectivity index (χ3v) is 6.24. The highest BCUT2D eigenvalue weighted by molar-refractivity contribution is 7.89. The zero-order valence-corrected chi connectivity index (χ0v) is 15.2. The molecule has 3 rings (SSSR count). The number of aromatic nitrogens is 2. The highest BCUT2D eigenvalue weighted by atomic mass is 32.2. The van der Waals surface area contributed by atoms with Crippen molar-refractivity contribution in [3.63, 3.8) is 0 Å². The molecule has 1 saturated heterocycles. The maximum Gasteiger partial charge on any atom is 0.243 e. The van der Waals surface area contributed by atoms with Crippen LogP contribution in [-0.2, 0) is 27.9 Å². The molecule has 0 atom stereocenters. The molecule has 1 fully saturated rings. The molecular formula is C17H22N4O3S. The highest BCUT2D eigenvalue weighted by Gasteiger charge is 2.24. The lowest BCUT2D eigenvalue weighted by molar-refractivity contribution is -0.117. The summed E-state index contributed by atoms with van der Waals surface area (Å²) in [6, 6.07) is 8.33. The lowest BCUT2D eigenvalue weighted by atomic mass is 10.3. The van der Waals surface area contributed by atoms with Crippen LogP contribution in [-0.4, -0.2) is 42.0 Å². The molecule has 0 bridgehead atoms. The second-order valence-corrected chi connectivity index (χ2v) is 8.09. The summed E-state index contributed by atoms with van der Waals surface area (Å²) in [6.45, 7) is 3.59. The standard InChI is InChI=1S/C17H22N4O3S/c1-3-21-15(10-11-18-21)13-19(2)25(23,24)16-8-6-14(7-9-16)20-12-4-5-17(20)22/h6-11H,3-5,12-13H2,1-2H3. The van der Waals surface area contributed by atoms with Gasteiger partial charge in [0, 0.05) is 38.4 Å². The summed E-state index contributed by atoms with van der Waals surface area (Å²) >= 11 is 0. The molecule has 8 heteroatoms. The summed E-state index contributed by atoms with van der Waals surface area (Å²) in [6.07, 6.45) is 3.06. The molecule has 134 valence electrons. The van der Waals surface area contributed by atoms with Crippen LogP contribution in [0.2, 0.25) is 0 Å². The summed E-state index contributed by atoms with van der Waals surface area (Å²) in [4.78, 5) is 13.7. The molecule has 1 aliphatic rings. The van der Waals surface area contributed by atoms with E-state index in [1.165, 1.54) is 4.31 Å². The van der Waals surface area contributed by atoms with Crippen molar-refractivity contribution in [3.8, 4) is 0 Å². The fraction of sp³-hybridized carbons (Fsp3) is 0.412. The van der Waals surface area contributed by atoms with Gasteiger partial charge in [-0.25, -0.2) is 8.42 Å². The zero-order chi connectivity index (χ0) is 18.0. The Morgan fingerprint density at radius 1 is 1.20 bits per heavy atom. The minimum Gasteiger partial charge on any atom is -0.312 e. The lowest BCUT2D eigenvalue weighted by Crippen LogP contribution is -2.28. The van der Waals surface area contributed by atoms with Crippen molar-refractivity contribution >= 4 is 21.6 Å². The molecule has 1 aromatic heterocycles. The van der Waals surface area contributed by atoms with Crippen LogP contribution in [0.25, 0.3) is 0 Å². The largest absolute Gasteiger partial charge is 0.312 e. The van der Waals surface area contributed by atoms with Gasteiger partial charge in [-0.1, -0.05) is 0 Å². The Hall–Kier alpha value is -2.19. The van der Waals surface area contributed by atoms with E-state index in [1.807, 2.05) is 13.0 Å². The Bertz CT molecular complexity index is 858. The molecule has 0 saturated carbocycles. The molecule has 1 aliphatic heterocycles. The number of anilines is 1. The molecular weight excluding hydrogens is 340 g/mol. The first-order chi connectivity index (χ1) is 11.9. The Morgan fingerprint density at radius 3 is 2.52 bits per heavy atom. The molecule has 25 heavy (non-hydrogen) atoms. The van der Waals surface area contributed by atoms with E-state index in [2.05, 4.69) is 5.10 Å².